The molecule has 2 aromatic carbocycles. The summed E-state index contributed by atoms with van der Waals surface area (Å²) in [5.74, 6) is 0.841. The highest BCUT2D eigenvalue weighted by Gasteiger charge is 2.07. The van der Waals surface area contributed by atoms with Crippen LogP contribution < -0.4 is 10.5 Å². The van der Waals surface area contributed by atoms with Crippen molar-refractivity contribution in [1.82, 2.24) is 0 Å². The molecule has 0 bridgehead atoms. The molecule has 2 aromatic rings. The van der Waals surface area contributed by atoms with Gasteiger partial charge in [0.1, 0.15) is 5.75 Å². The fourth-order valence-electron chi connectivity index (χ4n) is 2.41. The van der Waals surface area contributed by atoms with Crippen molar-refractivity contribution in [1.29, 1.82) is 0 Å². The van der Waals surface area contributed by atoms with Gasteiger partial charge in [-0.25, -0.2) is 0 Å². The first kappa shape index (κ1) is 18.2. The highest BCUT2D eigenvalue weighted by molar-refractivity contribution is 8.10. The van der Waals surface area contributed by atoms with E-state index in [4.69, 9.17) is 10.5 Å². The molecule has 0 atom stereocenters. The Morgan fingerprint density at radius 2 is 1.88 bits per heavy atom. The minimum absolute atomic E-state index is 0.763. The Morgan fingerprint density at radius 3 is 2.50 bits per heavy atom. The predicted molar refractivity (Wildman–Crippen MR) is 107 cm³/mol. The van der Waals surface area contributed by atoms with Crippen LogP contribution in [0.15, 0.2) is 54.0 Å². The van der Waals surface area contributed by atoms with E-state index in [2.05, 4.69) is 56.2 Å². The molecular weight excluding hydrogens is 314 g/mol. The van der Waals surface area contributed by atoms with Gasteiger partial charge in [-0.2, -0.15) is 0 Å². The summed E-state index contributed by atoms with van der Waals surface area (Å²) in [4.78, 5) is 1.05. The zero-order valence-electron chi connectivity index (χ0n) is 14.8. The average Bonchev–Trinajstić information content (AvgIpc) is 2.56. The van der Waals surface area contributed by atoms with Crippen LogP contribution in [-0.2, 0) is 6.42 Å². The van der Waals surface area contributed by atoms with E-state index < -0.39 is 0 Å². The van der Waals surface area contributed by atoms with Gasteiger partial charge in [-0.05, 0) is 49.3 Å². The van der Waals surface area contributed by atoms with Crippen LogP contribution in [0.2, 0.25) is 0 Å². The number of aryl methyl sites for hydroxylation is 2. The topological polar surface area (TPSA) is 35.2 Å². The van der Waals surface area contributed by atoms with Crippen molar-refractivity contribution < 1.29 is 4.74 Å². The molecule has 0 heterocycles. The summed E-state index contributed by atoms with van der Waals surface area (Å²) in [6.07, 6.45) is 0.832. The second-order valence-corrected chi connectivity index (χ2v) is 7.03. The van der Waals surface area contributed by atoms with Crippen LogP contribution in [0.5, 0.6) is 5.75 Å². The van der Waals surface area contributed by atoms with Gasteiger partial charge in [0.15, 0.2) is 0 Å². The number of anilines is 1. The van der Waals surface area contributed by atoms with E-state index in [-0.39, 0.29) is 0 Å². The van der Waals surface area contributed by atoms with Crippen molar-refractivity contribution in [2.24, 2.45) is 0 Å². The molecule has 0 amide bonds. The van der Waals surface area contributed by atoms with Gasteiger partial charge in [-0.15, -0.1) is 0 Å². The lowest BCUT2D eigenvalue weighted by atomic mass is 10.0. The first-order valence-electron chi connectivity index (χ1n) is 7.92. The van der Waals surface area contributed by atoms with Gasteiger partial charge in [0.2, 0.25) is 0 Å². The predicted octanol–water partition coefficient (Wildman–Crippen LogP) is 5.74. The van der Waals surface area contributed by atoms with Gasteiger partial charge >= 0.3 is 0 Å². The van der Waals surface area contributed by atoms with Crippen LogP contribution in [0.4, 0.5) is 5.69 Å². The summed E-state index contributed by atoms with van der Waals surface area (Å²) in [5, 5.41) is 2.16. The third-order valence-electron chi connectivity index (χ3n) is 3.91. The Balaban J connectivity index is 2.08. The van der Waals surface area contributed by atoms with Gasteiger partial charge in [0, 0.05) is 16.7 Å². The summed E-state index contributed by atoms with van der Waals surface area (Å²) in [6, 6.07) is 12.4. The van der Waals surface area contributed by atoms with Crippen molar-refractivity contribution in [2.75, 3.05) is 12.8 Å². The largest absolute Gasteiger partial charge is 0.496 e. The number of rotatable bonds is 6. The number of nitrogens with two attached hydrogens (primary N) is 1. The van der Waals surface area contributed by atoms with Crippen molar-refractivity contribution >= 4 is 22.4 Å². The van der Waals surface area contributed by atoms with Crippen LogP contribution in [0.25, 0.3) is 4.91 Å². The maximum absolute atomic E-state index is 5.96. The number of methoxy groups -OCH3 is 1. The lowest BCUT2D eigenvalue weighted by Crippen LogP contribution is -1.98. The smallest absolute Gasteiger partial charge is 0.124 e. The number of hydrogen-bond acceptors (Lipinski definition) is 3. The average molecular weight is 340 g/mol. The van der Waals surface area contributed by atoms with Crippen molar-refractivity contribution in [3.63, 3.8) is 0 Å². The van der Waals surface area contributed by atoms with Crippen LogP contribution in [0.1, 0.15) is 29.2 Å². The molecular formula is C21H25NOS. The van der Waals surface area contributed by atoms with Gasteiger partial charge in [-0.1, -0.05) is 59.8 Å². The Kier molecular flexibility index (Phi) is 6.16. The number of hydrogen-bond donors (Lipinski definition) is 1. The Labute approximate surface area is 149 Å². The second kappa shape index (κ2) is 8.11. The van der Waals surface area contributed by atoms with E-state index >= 15 is 0 Å². The molecule has 0 aliphatic rings. The Morgan fingerprint density at radius 1 is 1.21 bits per heavy atom. The van der Waals surface area contributed by atoms with E-state index in [1.165, 1.54) is 11.1 Å². The van der Waals surface area contributed by atoms with Gasteiger partial charge in [-0.3, -0.25) is 0 Å². The molecule has 0 saturated heterocycles. The van der Waals surface area contributed by atoms with Crippen molar-refractivity contribution in [3.8, 4) is 5.75 Å². The highest BCUT2D eigenvalue weighted by atomic mass is 32.2. The fraction of sp³-hybridized carbons (Fsp3) is 0.238. The number of nitrogen functional groups attached to an aromatic ring is 1. The lowest BCUT2D eigenvalue weighted by Gasteiger charge is -2.12. The number of ether oxygens (including phenoxy) is 1. The summed E-state index contributed by atoms with van der Waals surface area (Å²) in [5.41, 5.74) is 12.6. The molecule has 0 unspecified atom stereocenters. The summed E-state index contributed by atoms with van der Waals surface area (Å²) in [7, 11) is 1.68. The zero-order valence-corrected chi connectivity index (χ0v) is 15.7. The molecule has 3 heteroatoms. The van der Waals surface area contributed by atoms with Gasteiger partial charge in [0.05, 0.1) is 7.11 Å². The quantitative estimate of drug-likeness (QED) is 0.681. The minimum atomic E-state index is 0.763. The second-order valence-electron chi connectivity index (χ2n) is 6.07. The fourth-order valence-corrected chi connectivity index (χ4v) is 3.11. The van der Waals surface area contributed by atoms with E-state index in [1.54, 1.807) is 18.9 Å². The SMILES string of the molecule is C=C(S/C=C(\C)Cc1cc(C)c(N)cc1OC)c1ccc(C)cc1. The van der Waals surface area contributed by atoms with Gasteiger partial charge in [0.25, 0.3) is 0 Å². The van der Waals surface area contributed by atoms with Crippen LogP contribution in [-0.4, -0.2) is 7.11 Å². The highest BCUT2D eigenvalue weighted by Crippen LogP contribution is 2.30. The minimum Gasteiger partial charge on any atom is -0.496 e. The van der Waals surface area contributed by atoms with E-state index in [0.29, 0.717) is 0 Å². The van der Waals surface area contributed by atoms with Gasteiger partial charge < -0.3 is 10.5 Å². The molecule has 0 fully saturated rings. The Bertz CT molecular complexity index is 760. The maximum atomic E-state index is 5.96. The molecule has 0 spiro atoms. The Hall–Kier alpha value is -2.13. The van der Waals surface area contributed by atoms with Crippen molar-refractivity contribution in [3.05, 3.63) is 76.2 Å². The molecule has 0 aliphatic heterocycles. The first-order chi connectivity index (χ1) is 11.4. The molecule has 24 heavy (non-hydrogen) atoms. The van der Waals surface area contributed by atoms with Crippen LogP contribution in [0, 0.1) is 13.8 Å². The molecule has 126 valence electrons. The lowest BCUT2D eigenvalue weighted by molar-refractivity contribution is 0.410. The normalized spacial score (nSPS) is 11.4. The summed E-state index contributed by atoms with van der Waals surface area (Å²) < 4.78 is 5.46. The first-order valence-corrected chi connectivity index (χ1v) is 8.80. The third-order valence-corrected chi connectivity index (χ3v) is 4.95. The van der Waals surface area contributed by atoms with E-state index in [9.17, 15) is 0 Å². The molecule has 2 rings (SSSR count). The van der Waals surface area contributed by atoms with E-state index in [0.717, 1.165) is 39.5 Å². The number of thioether (sulfide) groups is 1. The molecule has 0 aliphatic carbocycles. The summed E-state index contributed by atoms with van der Waals surface area (Å²) in [6.45, 7) is 10.4. The molecule has 0 radical (unpaired) electrons. The molecule has 2 N–H and O–H groups in total. The monoisotopic (exact) mass is 339 g/mol. The van der Waals surface area contributed by atoms with E-state index in [1.807, 2.05) is 13.0 Å². The molecule has 0 saturated carbocycles. The van der Waals surface area contributed by atoms with Crippen molar-refractivity contribution in [2.45, 2.75) is 27.2 Å². The molecule has 0 aromatic heterocycles. The number of allylic oxidation sites excluding steroid dienone is 1. The standard InChI is InChI=1S/C21H25NOS/c1-14-6-8-18(9-7-14)17(4)24-13-15(2)10-19-11-16(3)20(22)12-21(19)23-5/h6-9,11-13H,4,10,22H2,1-3,5H3/b15-13+. The summed E-state index contributed by atoms with van der Waals surface area (Å²) >= 11 is 1.66. The van der Waals surface area contributed by atoms with Crippen LogP contribution in [0.3, 0.4) is 0 Å². The number of benzene rings is 2. The third kappa shape index (κ3) is 4.68. The molecule has 2 nitrogen and oxygen atoms in total. The maximum Gasteiger partial charge on any atom is 0.124 e. The van der Waals surface area contributed by atoms with Crippen LogP contribution >= 0.6 is 11.8 Å². The zero-order chi connectivity index (χ0) is 17.7.